The lowest BCUT2D eigenvalue weighted by Crippen LogP contribution is -2.28. The van der Waals surface area contributed by atoms with Crippen LogP contribution in [0, 0.1) is 36.2 Å². The van der Waals surface area contributed by atoms with Gasteiger partial charge in [-0.15, -0.1) is 6.42 Å². The molecule has 2 heteroatoms. The molecule has 0 spiro atoms. The lowest BCUT2D eigenvalue weighted by atomic mass is 9.67. The SMILES string of the molecule is C#CC#CC#COc1ccc(C2(c3ccc(OCCCCCC)cc3)c3cc(-c4ccc5c(c4)C(CCCCCCCC)(CCCCCCCC)c4ccccc4-5)ccc3-c3c(-c4ccc5c(c4)C(CCCCCCCC)(CCCCCCCC)c4ccccc4-5)cccc32)cc1. The minimum atomic E-state index is -0.753. The molecule has 0 saturated carbocycles. The second kappa shape index (κ2) is 35.0. The number of benzene rings is 8. The van der Waals surface area contributed by atoms with Gasteiger partial charge in [0.25, 0.3) is 0 Å². The highest BCUT2D eigenvalue weighted by molar-refractivity contribution is 5.98. The minimum Gasteiger partial charge on any atom is -0.494 e. The van der Waals surface area contributed by atoms with Crippen LogP contribution in [0.15, 0.2) is 170 Å². The lowest BCUT2D eigenvalue weighted by Gasteiger charge is -2.34. The largest absolute Gasteiger partial charge is 0.494 e. The van der Waals surface area contributed by atoms with E-state index in [0.29, 0.717) is 12.4 Å². The van der Waals surface area contributed by atoms with Crippen molar-refractivity contribution in [1.29, 1.82) is 0 Å². The summed E-state index contributed by atoms with van der Waals surface area (Å²) in [6.45, 7) is 12.3. The first-order valence-electron chi connectivity index (χ1n) is 38.6. The van der Waals surface area contributed by atoms with Crippen molar-refractivity contribution in [2.45, 2.75) is 256 Å². The third-order valence-electron chi connectivity index (χ3n) is 22.4. The molecule has 0 N–H and O–H groups in total. The van der Waals surface area contributed by atoms with Crippen LogP contribution < -0.4 is 9.47 Å². The highest BCUT2D eigenvalue weighted by Crippen LogP contribution is 2.62. The van der Waals surface area contributed by atoms with Gasteiger partial charge in [-0.25, -0.2) is 0 Å². The fourth-order valence-electron chi connectivity index (χ4n) is 17.5. The standard InChI is InChI=1S/C95H110O2/c1-7-13-19-25-29-37-64-93(65-38-30-26-20-14-8-2)86-47-35-33-44-81(86)83-61-50-73(70-89(83)93)74-51-63-85-91(71-74)95(76-53-57-78(58-54-76)96-68-41-23-17-11-5,77-55-59-79(60-56-77)97-69-42-24-18-12-6)88-49-43-46-80(92(85)88)75-52-62-84-82-45-34-36-48-87(82)94(90(84)72-75,66-39-31-27-21-15-9-3)67-40-32-28-22-16-10-4/h5,33-36,43-63,70-72H,7-10,12-16,18-22,24-32,37-40,42,64-67,69H2,1-4,6H3. The number of rotatable bonds is 39. The fraction of sp³-hybridized carbons (Fsp3) is 0.432. The molecular formula is C95H110O2. The third kappa shape index (κ3) is 15.5. The van der Waals surface area contributed by atoms with Crippen LogP contribution in [0.5, 0.6) is 11.5 Å². The van der Waals surface area contributed by atoms with Crippen LogP contribution in [0.2, 0.25) is 0 Å². The second-order valence-corrected chi connectivity index (χ2v) is 28.8. The molecular weight excluding hydrogens is 1170 g/mol. The van der Waals surface area contributed by atoms with Crippen LogP contribution in [0.1, 0.15) is 285 Å². The molecule has 0 bridgehead atoms. The maximum Gasteiger partial charge on any atom is 0.140 e. The van der Waals surface area contributed by atoms with E-state index in [-0.39, 0.29) is 10.8 Å². The zero-order valence-corrected chi connectivity index (χ0v) is 59.9. The maximum absolute atomic E-state index is 6.57. The Balaban J connectivity index is 1.10. The third-order valence-corrected chi connectivity index (χ3v) is 22.4. The highest BCUT2D eigenvalue weighted by atomic mass is 16.5. The van der Waals surface area contributed by atoms with Gasteiger partial charge in [-0.2, -0.15) is 0 Å². The molecule has 2 nitrogen and oxygen atoms in total. The van der Waals surface area contributed by atoms with Gasteiger partial charge >= 0.3 is 0 Å². The zero-order valence-electron chi connectivity index (χ0n) is 59.9. The van der Waals surface area contributed by atoms with Gasteiger partial charge in [0.05, 0.1) is 12.0 Å². The summed E-state index contributed by atoms with van der Waals surface area (Å²) in [5.41, 5.74) is 23.6. The van der Waals surface area contributed by atoms with Crippen LogP contribution in [0.4, 0.5) is 0 Å². The number of hydrogen-bond acceptors (Lipinski definition) is 2. The van der Waals surface area contributed by atoms with Crippen molar-refractivity contribution in [2.75, 3.05) is 6.61 Å². The molecule has 0 aliphatic heterocycles. The molecule has 11 rings (SSSR count). The van der Waals surface area contributed by atoms with E-state index in [1.807, 2.05) is 0 Å². The van der Waals surface area contributed by atoms with E-state index < -0.39 is 5.41 Å². The molecule has 502 valence electrons. The molecule has 8 aromatic rings. The Morgan fingerprint density at radius 1 is 0.309 bits per heavy atom. The summed E-state index contributed by atoms with van der Waals surface area (Å²) in [6.07, 6.45) is 48.7. The van der Waals surface area contributed by atoms with Gasteiger partial charge in [-0.1, -0.05) is 335 Å². The van der Waals surface area contributed by atoms with Crippen molar-refractivity contribution in [3.05, 3.63) is 214 Å². The van der Waals surface area contributed by atoms with Crippen molar-refractivity contribution in [1.82, 2.24) is 0 Å². The predicted molar refractivity (Wildman–Crippen MR) is 414 cm³/mol. The van der Waals surface area contributed by atoms with Crippen molar-refractivity contribution in [3.8, 4) is 103 Å². The Labute approximate surface area is 586 Å². The van der Waals surface area contributed by atoms with Gasteiger partial charge in [0.15, 0.2) is 0 Å². The summed E-state index contributed by atoms with van der Waals surface area (Å²) in [5.74, 6) is 12.0. The smallest absolute Gasteiger partial charge is 0.140 e. The summed E-state index contributed by atoms with van der Waals surface area (Å²) >= 11 is 0. The van der Waals surface area contributed by atoms with E-state index in [9.17, 15) is 0 Å². The maximum atomic E-state index is 6.57. The van der Waals surface area contributed by atoms with Crippen molar-refractivity contribution in [3.63, 3.8) is 0 Å². The summed E-state index contributed by atoms with van der Waals surface area (Å²) in [6, 6.07) is 66.9. The van der Waals surface area contributed by atoms with Crippen molar-refractivity contribution in [2.24, 2.45) is 0 Å². The Hall–Kier alpha value is -7.96. The first-order valence-corrected chi connectivity index (χ1v) is 38.6. The first kappa shape index (κ1) is 70.4. The zero-order chi connectivity index (χ0) is 67.1. The van der Waals surface area contributed by atoms with Crippen molar-refractivity contribution >= 4 is 0 Å². The summed E-state index contributed by atoms with van der Waals surface area (Å²) < 4.78 is 12.6. The number of ether oxygens (including phenoxy) is 2. The average molecular weight is 1280 g/mol. The lowest BCUT2D eigenvalue weighted by molar-refractivity contribution is 0.305. The van der Waals surface area contributed by atoms with E-state index in [1.54, 1.807) is 11.1 Å². The van der Waals surface area contributed by atoms with Crippen LogP contribution in [0.25, 0.3) is 55.6 Å². The Morgan fingerprint density at radius 3 is 1.20 bits per heavy atom. The second-order valence-electron chi connectivity index (χ2n) is 28.8. The highest BCUT2D eigenvalue weighted by Gasteiger charge is 2.49. The monoisotopic (exact) mass is 1280 g/mol. The molecule has 0 amide bonds. The van der Waals surface area contributed by atoms with Crippen LogP contribution in [-0.2, 0) is 16.2 Å². The van der Waals surface area contributed by atoms with Gasteiger partial charge in [-0.3, -0.25) is 0 Å². The fourth-order valence-corrected chi connectivity index (χ4v) is 17.5. The van der Waals surface area contributed by atoms with Gasteiger partial charge in [0.2, 0.25) is 0 Å². The molecule has 1 atom stereocenters. The summed E-state index contributed by atoms with van der Waals surface area (Å²) in [5, 5.41) is 0. The minimum absolute atomic E-state index is 0.0386. The van der Waals surface area contributed by atoms with E-state index in [2.05, 4.69) is 234 Å². The molecule has 1 unspecified atom stereocenters. The summed E-state index contributed by atoms with van der Waals surface area (Å²) in [4.78, 5) is 0. The van der Waals surface area contributed by atoms with E-state index in [4.69, 9.17) is 15.9 Å². The Morgan fingerprint density at radius 2 is 0.701 bits per heavy atom. The van der Waals surface area contributed by atoms with Gasteiger partial charge < -0.3 is 9.47 Å². The molecule has 0 fully saturated rings. The van der Waals surface area contributed by atoms with Crippen LogP contribution >= 0.6 is 0 Å². The molecule has 0 radical (unpaired) electrons. The van der Waals surface area contributed by atoms with Crippen molar-refractivity contribution < 1.29 is 9.47 Å². The van der Waals surface area contributed by atoms with E-state index in [0.717, 1.165) is 17.7 Å². The Kier molecular flexibility index (Phi) is 25.4. The number of unbranched alkanes of at least 4 members (excludes halogenated alkanes) is 23. The van der Waals surface area contributed by atoms with Crippen LogP contribution in [-0.4, -0.2) is 6.61 Å². The van der Waals surface area contributed by atoms with E-state index in [1.165, 1.54) is 282 Å². The van der Waals surface area contributed by atoms with Gasteiger partial charge in [-0.05, 0) is 187 Å². The molecule has 3 aliphatic carbocycles. The number of fused-ring (bicyclic) bond motifs is 9. The molecule has 97 heavy (non-hydrogen) atoms. The first-order chi connectivity index (χ1) is 47.9. The molecule has 0 heterocycles. The average Bonchev–Trinajstić information content (AvgIpc) is 1.54. The molecule has 3 aliphatic rings. The van der Waals surface area contributed by atoms with Gasteiger partial charge in [0, 0.05) is 22.7 Å². The normalized spacial score (nSPS) is 14.6. The Bertz CT molecular complexity index is 4000. The number of terminal acetylenes is 1. The molecule has 0 saturated heterocycles. The van der Waals surface area contributed by atoms with E-state index >= 15 is 0 Å². The molecule has 0 aromatic heterocycles. The molecule has 8 aromatic carbocycles. The van der Waals surface area contributed by atoms with Gasteiger partial charge in [0.1, 0.15) is 17.6 Å². The quantitative estimate of drug-likeness (QED) is 0.0282. The summed E-state index contributed by atoms with van der Waals surface area (Å²) in [7, 11) is 0. The number of hydrogen-bond donors (Lipinski definition) is 0. The topological polar surface area (TPSA) is 18.5 Å². The predicted octanol–water partition coefficient (Wildman–Crippen LogP) is 26.9. The van der Waals surface area contributed by atoms with Crippen LogP contribution in [0.3, 0.4) is 0 Å².